The summed E-state index contributed by atoms with van der Waals surface area (Å²) in [4.78, 5) is 25.1. The first kappa shape index (κ1) is 17.2. The molecule has 27 heavy (non-hydrogen) atoms. The van der Waals surface area contributed by atoms with E-state index in [-0.39, 0.29) is 12.1 Å². The minimum Gasteiger partial charge on any atom is -0.334 e. The van der Waals surface area contributed by atoms with Crippen LogP contribution in [0, 0.1) is 0 Å². The van der Waals surface area contributed by atoms with Crippen LogP contribution in [-0.2, 0) is 25.9 Å². The van der Waals surface area contributed by atoms with E-state index in [1.807, 2.05) is 34.5 Å². The number of amides is 2. The monoisotopic (exact) mass is 366 g/mol. The van der Waals surface area contributed by atoms with Crippen LogP contribution in [0.3, 0.4) is 0 Å². The van der Waals surface area contributed by atoms with E-state index in [0.717, 1.165) is 42.3 Å². The molecule has 1 aliphatic rings. The summed E-state index contributed by atoms with van der Waals surface area (Å²) < 4.78 is 3.74. The molecule has 0 aliphatic carbocycles. The molecule has 9 nitrogen and oxygen atoms in total. The van der Waals surface area contributed by atoms with Gasteiger partial charge in [-0.25, -0.2) is 24.4 Å². The van der Waals surface area contributed by atoms with Crippen LogP contribution >= 0.6 is 0 Å². The van der Waals surface area contributed by atoms with E-state index < -0.39 is 0 Å². The van der Waals surface area contributed by atoms with E-state index in [4.69, 9.17) is 0 Å². The third-order valence-corrected chi connectivity index (χ3v) is 4.58. The van der Waals surface area contributed by atoms with Crippen LogP contribution in [0.5, 0.6) is 0 Å². The van der Waals surface area contributed by atoms with Crippen molar-refractivity contribution in [2.24, 2.45) is 0 Å². The molecule has 0 saturated carbocycles. The Morgan fingerprint density at radius 1 is 1.37 bits per heavy atom. The van der Waals surface area contributed by atoms with Gasteiger partial charge < -0.3 is 10.6 Å². The lowest BCUT2D eigenvalue weighted by atomic mass is 10.1. The molecule has 2 amide bonds. The maximum atomic E-state index is 12.2. The van der Waals surface area contributed by atoms with Crippen molar-refractivity contribution < 1.29 is 4.79 Å². The third kappa shape index (κ3) is 3.97. The van der Waals surface area contributed by atoms with Gasteiger partial charge in [0.05, 0.1) is 12.6 Å². The molecule has 3 aromatic heterocycles. The fraction of sp³-hybridized carbons (Fsp3) is 0.389. The van der Waals surface area contributed by atoms with E-state index in [1.54, 1.807) is 18.7 Å². The van der Waals surface area contributed by atoms with Crippen molar-refractivity contribution in [3.8, 4) is 5.82 Å². The molecule has 0 aromatic carbocycles. The molecule has 0 radical (unpaired) electrons. The van der Waals surface area contributed by atoms with Gasteiger partial charge in [0.2, 0.25) is 0 Å². The lowest BCUT2D eigenvalue weighted by Gasteiger charge is -2.23. The highest BCUT2D eigenvalue weighted by molar-refractivity contribution is 5.74. The number of hydrogen-bond acceptors (Lipinski definition) is 5. The molecule has 4 heterocycles. The zero-order valence-electron chi connectivity index (χ0n) is 15.2. The Morgan fingerprint density at radius 2 is 2.30 bits per heavy atom. The second-order valence-electron chi connectivity index (χ2n) is 6.54. The van der Waals surface area contributed by atoms with Crippen molar-refractivity contribution in [1.82, 2.24) is 39.9 Å². The minimum absolute atomic E-state index is 0.0608. The Kier molecular flexibility index (Phi) is 4.82. The molecule has 1 atom stereocenters. The van der Waals surface area contributed by atoms with Gasteiger partial charge in [-0.05, 0) is 18.1 Å². The summed E-state index contributed by atoms with van der Waals surface area (Å²) >= 11 is 0. The molecule has 0 fully saturated rings. The van der Waals surface area contributed by atoms with Gasteiger partial charge >= 0.3 is 6.03 Å². The number of pyridine rings is 1. The van der Waals surface area contributed by atoms with Crippen molar-refractivity contribution in [3.05, 3.63) is 54.3 Å². The van der Waals surface area contributed by atoms with Crippen molar-refractivity contribution in [2.75, 3.05) is 0 Å². The average molecular weight is 366 g/mol. The normalized spacial score (nSPS) is 16.0. The van der Waals surface area contributed by atoms with Gasteiger partial charge in [-0.2, -0.15) is 5.10 Å². The van der Waals surface area contributed by atoms with Crippen LogP contribution in [-0.4, -0.2) is 41.4 Å². The maximum absolute atomic E-state index is 12.2. The van der Waals surface area contributed by atoms with Crippen LogP contribution in [0.1, 0.15) is 30.6 Å². The number of nitrogens with zero attached hydrogens (tertiary/aromatic N) is 6. The topological polar surface area (TPSA) is 103 Å². The molecule has 140 valence electrons. The highest BCUT2D eigenvalue weighted by Gasteiger charge is 2.22. The van der Waals surface area contributed by atoms with Gasteiger partial charge in [-0.1, -0.05) is 13.0 Å². The number of hydrogen-bond donors (Lipinski definition) is 2. The van der Waals surface area contributed by atoms with Crippen molar-refractivity contribution >= 4 is 6.03 Å². The highest BCUT2D eigenvalue weighted by Crippen LogP contribution is 2.13. The Balaban J connectivity index is 1.27. The number of imidazole rings is 1. The van der Waals surface area contributed by atoms with Crippen LogP contribution in [0.15, 0.2) is 37.1 Å². The van der Waals surface area contributed by atoms with E-state index in [0.29, 0.717) is 13.1 Å². The Bertz CT molecular complexity index is 900. The molecule has 9 heteroatoms. The number of nitrogens with one attached hydrogen (secondary N) is 2. The van der Waals surface area contributed by atoms with E-state index in [9.17, 15) is 4.79 Å². The number of aromatic nitrogens is 6. The summed E-state index contributed by atoms with van der Waals surface area (Å²) in [5.41, 5.74) is 0.934. The summed E-state index contributed by atoms with van der Waals surface area (Å²) in [6.07, 6.45) is 9.52. The fourth-order valence-corrected chi connectivity index (χ4v) is 3.12. The van der Waals surface area contributed by atoms with Gasteiger partial charge in [0.25, 0.3) is 0 Å². The predicted molar refractivity (Wildman–Crippen MR) is 98.2 cm³/mol. The predicted octanol–water partition coefficient (Wildman–Crippen LogP) is 1.24. The van der Waals surface area contributed by atoms with E-state index >= 15 is 0 Å². The van der Waals surface area contributed by atoms with Gasteiger partial charge in [-0.15, -0.1) is 0 Å². The molecular formula is C18H22N8O. The van der Waals surface area contributed by atoms with Crippen molar-refractivity contribution in [1.29, 1.82) is 0 Å². The fourth-order valence-electron chi connectivity index (χ4n) is 3.12. The minimum atomic E-state index is -0.182. The zero-order chi connectivity index (χ0) is 18.6. The lowest BCUT2D eigenvalue weighted by Crippen LogP contribution is -2.45. The summed E-state index contributed by atoms with van der Waals surface area (Å²) in [5, 5.41) is 10.4. The van der Waals surface area contributed by atoms with Crippen molar-refractivity contribution in [3.63, 3.8) is 0 Å². The van der Waals surface area contributed by atoms with Crippen LogP contribution in [0.2, 0.25) is 0 Å². The number of carbonyl (C=O) groups is 1. The van der Waals surface area contributed by atoms with Crippen LogP contribution in [0.4, 0.5) is 4.79 Å². The number of aryl methyl sites for hydroxylation is 2. The summed E-state index contributed by atoms with van der Waals surface area (Å²) in [6.45, 7) is 3.13. The van der Waals surface area contributed by atoms with E-state index in [2.05, 4.69) is 30.7 Å². The first-order valence-electron chi connectivity index (χ1n) is 9.11. The van der Waals surface area contributed by atoms with Gasteiger partial charge in [0.15, 0.2) is 5.82 Å². The molecular weight excluding hydrogens is 344 g/mol. The number of urea groups is 1. The smallest absolute Gasteiger partial charge is 0.315 e. The number of rotatable bonds is 5. The molecule has 1 unspecified atom stereocenters. The Labute approximate surface area is 156 Å². The SMILES string of the molecule is CCc1nc2n(n1)CC(NC(=O)NCc1ccc(-n3ccnc3)nc1)CC2. The van der Waals surface area contributed by atoms with Gasteiger partial charge in [0, 0.05) is 38.0 Å². The quantitative estimate of drug-likeness (QED) is 0.707. The first-order valence-corrected chi connectivity index (χ1v) is 9.11. The molecule has 1 aliphatic heterocycles. The molecule has 4 rings (SSSR count). The summed E-state index contributed by atoms with van der Waals surface area (Å²) in [5.74, 6) is 2.66. The zero-order valence-corrected chi connectivity index (χ0v) is 15.2. The molecule has 2 N–H and O–H groups in total. The van der Waals surface area contributed by atoms with Crippen LogP contribution < -0.4 is 10.6 Å². The summed E-state index contributed by atoms with van der Waals surface area (Å²) in [6, 6.07) is 3.72. The largest absolute Gasteiger partial charge is 0.334 e. The lowest BCUT2D eigenvalue weighted by molar-refractivity contribution is 0.231. The molecule has 3 aromatic rings. The van der Waals surface area contributed by atoms with Gasteiger partial charge in [0.1, 0.15) is 18.0 Å². The standard InChI is InChI=1S/C18H22N8O/c1-2-15-23-17-6-4-14(11-26(17)24-15)22-18(27)21-10-13-3-5-16(20-9-13)25-8-7-19-12-25/h3,5,7-9,12,14H,2,4,6,10-11H2,1H3,(H2,21,22,27). The first-order chi connectivity index (χ1) is 13.2. The van der Waals surface area contributed by atoms with Crippen molar-refractivity contribution in [2.45, 2.75) is 45.3 Å². The molecule has 0 bridgehead atoms. The molecule has 0 spiro atoms. The molecule has 0 saturated heterocycles. The average Bonchev–Trinajstić information content (AvgIpc) is 3.36. The highest BCUT2D eigenvalue weighted by atomic mass is 16.2. The Hall–Kier alpha value is -3.23. The van der Waals surface area contributed by atoms with E-state index in [1.165, 1.54) is 0 Å². The van der Waals surface area contributed by atoms with Gasteiger partial charge in [-0.3, -0.25) is 4.57 Å². The van der Waals surface area contributed by atoms with Crippen LogP contribution in [0.25, 0.3) is 5.82 Å². The number of carbonyl (C=O) groups excluding carboxylic acids is 1. The Morgan fingerprint density at radius 3 is 3.04 bits per heavy atom. The summed E-state index contributed by atoms with van der Waals surface area (Å²) in [7, 11) is 0. The third-order valence-electron chi connectivity index (χ3n) is 4.58. The number of fused-ring (bicyclic) bond motifs is 1. The maximum Gasteiger partial charge on any atom is 0.315 e. The second kappa shape index (κ2) is 7.56. The second-order valence-corrected chi connectivity index (χ2v) is 6.54.